The highest BCUT2D eigenvalue weighted by molar-refractivity contribution is 8.04. The molecule has 1 saturated heterocycles. The molecule has 1 amide bonds. The van der Waals surface area contributed by atoms with Crippen LogP contribution in [0.25, 0.3) is 0 Å². The zero-order chi connectivity index (χ0) is 15.9. The van der Waals surface area contributed by atoms with Crippen molar-refractivity contribution in [2.75, 3.05) is 0 Å². The van der Waals surface area contributed by atoms with Crippen molar-refractivity contribution >= 4 is 23.6 Å². The van der Waals surface area contributed by atoms with Crippen LogP contribution in [-0.2, 0) is 16.1 Å². The van der Waals surface area contributed by atoms with Gasteiger partial charge in [-0.05, 0) is 30.2 Å². The average molecular weight is 325 g/mol. The molecule has 10 heteroatoms. The van der Waals surface area contributed by atoms with E-state index in [2.05, 4.69) is 15.5 Å². The van der Waals surface area contributed by atoms with Gasteiger partial charge in [-0.1, -0.05) is 0 Å². The first-order chi connectivity index (χ1) is 10.5. The van der Waals surface area contributed by atoms with E-state index >= 15 is 0 Å². The molecule has 3 heterocycles. The largest absolute Gasteiger partial charge is 0.477 e. The number of hydrogen-bond donors (Lipinski definition) is 2. The molecule has 0 bridgehead atoms. The lowest BCUT2D eigenvalue weighted by atomic mass is 9.92. The van der Waals surface area contributed by atoms with E-state index in [0.717, 1.165) is 0 Å². The minimum absolute atomic E-state index is 0.0496. The molecule has 9 nitrogen and oxygen atoms in total. The number of aryl methyl sites for hydroxylation is 1. The van der Waals surface area contributed by atoms with Crippen molar-refractivity contribution in [2.24, 2.45) is 5.92 Å². The van der Waals surface area contributed by atoms with Crippen LogP contribution in [0.1, 0.15) is 19.8 Å². The lowest BCUT2D eigenvalue weighted by Crippen LogP contribution is -2.60. The van der Waals surface area contributed by atoms with Crippen molar-refractivity contribution < 1.29 is 19.8 Å². The Bertz CT molecular complexity index is 629. The first kappa shape index (κ1) is 15.0. The number of aliphatic hydroxyl groups is 1. The summed E-state index contributed by atoms with van der Waals surface area (Å²) in [6.07, 6.45) is 1.91. The summed E-state index contributed by atoms with van der Waals surface area (Å²) in [6, 6.07) is 0. The van der Waals surface area contributed by atoms with Gasteiger partial charge in [-0.15, -0.1) is 16.9 Å². The number of aliphatic carboxylic acids is 1. The Morgan fingerprint density at radius 3 is 2.91 bits per heavy atom. The molecule has 0 aromatic carbocycles. The Morgan fingerprint density at radius 1 is 1.55 bits per heavy atom. The van der Waals surface area contributed by atoms with Crippen molar-refractivity contribution in [3.05, 3.63) is 16.9 Å². The molecule has 2 aliphatic rings. The summed E-state index contributed by atoms with van der Waals surface area (Å²) in [5, 5.41) is 29.5. The second-order valence-corrected chi connectivity index (χ2v) is 6.45. The molecule has 3 rings (SSSR count). The smallest absolute Gasteiger partial charge is 0.353 e. The minimum atomic E-state index is -1.11. The number of aromatic nitrogens is 4. The van der Waals surface area contributed by atoms with Crippen molar-refractivity contribution in [3.8, 4) is 0 Å². The molecule has 0 spiro atoms. The van der Waals surface area contributed by atoms with Gasteiger partial charge in [0.2, 0.25) is 5.91 Å². The predicted octanol–water partition coefficient (Wildman–Crippen LogP) is -0.338. The van der Waals surface area contributed by atoms with Crippen LogP contribution >= 0.6 is 11.8 Å². The molecule has 1 aromatic rings. The number of amides is 1. The van der Waals surface area contributed by atoms with E-state index in [9.17, 15) is 19.8 Å². The van der Waals surface area contributed by atoms with Crippen LogP contribution in [0.3, 0.4) is 0 Å². The number of allylic oxidation sites excluding steroid dienone is 1. The van der Waals surface area contributed by atoms with Crippen LogP contribution in [0.4, 0.5) is 0 Å². The highest BCUT2D eigenvalue weighted by atomic mass is 32.2. The zero-order valence-corrected chi connectivity index (χ0v) is 12.6. The number of hydrogen-bond acceptors (Lipinski definition) is 7. The molecule has 118 valence electrons. The normalized spacial score (nSPS) is 25.2. The maximum Gasteiger partial charge on any atom is 0.353 e. The predicted molar refractivity (Wildman–Crippen MR) is 75.1 cm³/mol. The van der Waals surface area contributed by atoms with Gasteiger partial charge in [-0.2, -0.15) is 0 Å². The van der Waals surface area contributed by atoms with Gasteiger partial charge in [0.15, 0.2) is 0 Å². The van der Waals surface area contributed by atoms with Crippen molar-refractivity contribution in [1.29, 1.82) is 0 Å². The van der Waals surface area contributed by atoms with Gasteiger partial charge in [-0.25, -0.2) is 9.48 Å². The summed E-state index contributed by atoms with van der Waals surface area (Å²) in [5.41, 5.74) is 0.0496. The maximum atomic E-state index is 12.0. The van der Waals surface area contributed by atoms with Crippen LogP contribution in [0.15, 0.2) is 16.9 Å². The van der Waals surface area contributed by atoms with E-state index < -0.39 is 18.0 Å². The Labute approximate surface area is 130 Å². The third-order valence-corrected chi connectivity index (χ3v) is 5.18. The van der Waals surface area contributed by atoms with E-state index in [0.29, 0.717) is 24.3 Å². The molecule has 2 aliphatic heterocycles. The van der Waals surface area contributed by atoms with Gasteiger partial charge in [0.05, 0.1) is 12.0 Å². The highest BCUT2D eigenvalue weighted by Crippen LogP contribution is 2.51. The summed E-state index contributed by atoms with van der Waals surface area (Å²) in [5.74, 6) is -1.96. The molecule has 1 fully saturated rings. The first-order valence-corrected chi connectivity index (χ1v) is 7.73. The fourth-order valence-electron chi connectivity index (χ4n) is 2.71. The Morgan fingerprint density at radius 2 is 2.32 bits per heavy atom. The van der Waals surface area contributed by atoms with Gasteiger partial charge in [0.1, 0.15) is 17.4 Å². The second kappa shape index (κ2) is 5.69. The number of rotatable bonds is 6. The monoisotopic (exact) mass is 325 g/mol. The summed E-state index contributed by atoms with van der Waals surface area (Å²) >= 11 is 1.36. The SMILES string of the molecule is C[C@@H](O)[C@H]1C(=O)N2C(C(=O)O)=C(CCCn3cnnn3)S[C@H]12. The van der Waals surface area contributed by atoms with Crippen molar-refractivity contribution in [2.45, 2.75) is 37.8 Å². The zero-order valence-electron chi connectivity index (χ0n) is 11.8. The van der Waals surface area contributed by atoms with Crippen LogP contribution in [-0.4, -0.2) is 58.7 Å². The number of carbonyl (C=O) groups is 2. The summed E-state index contributed by atoms with van der Waals surface area (Å²) < 4.78 is 1.57. The Kier molecular flexibility index (Phi) is 3.87. The quantitative estimate of drug-likeness (QED) is 0.681. The van der Waals surface area contributed by atoms with Gasteiger partial charge in [-0.3, -0.25) is 9.69 Å². The summed E-state index contributed by atoms with van der Waals surface area (Å²) in [4.78, 5) is 25.4. The third kappa shape index (κ3) is 2.37. The average Bonchev–Trinajstić information content (AvgIpc) is 3.04. The Balaban J connectivity index is 1.70. The third-order valence-electron chi connectivity index (χ3n) is 3.76. The minimum Gasteiger partial charge on any atom is -0.477 e. The second-order valence-electron chi connectivity index (χ2n) is 5.24. The van der Waals surface area contributed by atoms with Crippen molar-refractivity contribution in [3.63, 3.8) is 0 Å². The number of nitrogens with zero attached hydrogens (tertiary/aromatic N) is 5. The number of carboxylic acids is 1. The number of carboxylic acid groups (broad SMARTS) is 1. The lowest BCUT2D eigenvalue weighted by molar-refractivity contribution is -0.156. The Hall–Kier alpha value is -1.94. The molecular weight excluding hydrogens is 310 g/mol. The molecule has 0 unspecified atom stereocenters. The number of fused-ring (bicyclic) bond motifs is 1. The van der Waals surface area contributed by atoms with Gasteiger partial charge in [0, 0.05) is 11.4 Å². The number of thioether (sulfide) groups is 1. The molecule has 0 radical (unpaired) electrons. The topological polar surface area (TPSA) is 121 Å². The lowest BCUT2D eigenvalue weighted by Gasteiger charge is -2.43. The molecule has 0 aliphatic carbocycles. The van der Waals surface area contributed by atoms with Crippen LogP contribution in [0, 0.1) is 5.92 Å². The fourth-order valence-corrected chi connectivity index (χ4v) is 4.37. The van der Waals surface area contributed by atoms with E-state index in [-0.39, 0.29) is 17.0 Å². The van der Waals surface area contributed by atoms with E-state index in [1.54, 1.807) is 11.6 Å². The van der Waals surface area contributed by atoms with Crippen molar-refractivity contribution in [1.82, 2.24) is 25.1 Å². The van der Waals surface area contributed by atoms with Crippen LogP contribution in [0.5, 0.6) is 0 Å². The molecular formula is C12H15N5O4S. The highest BCUT2D eigenvalue weighted by Gasteiger charge is 2.57. The first-order valence-electron chi connectivity index (χ1n) is 6.85. The molecule has 1 aromatic heterocycles. The van der Waals surface area contributed by atoms with Gasteiger partial charge < -0.3 is 10.2 Å². The van der Waals surface area contributed by atoms with Crippen LogP contribution < -0.4 is 0 Å². The standard InChI is InChI=1S/C12H15N5O4S/c1-6(18)8-10(19)17-9(12(20)21)7(22-11(8)17)3-2-4-16-5-13-14-15-16/h5-6,8,11,18H,2-4H2,1H3,(H,20,21)/t6-,8+,11-/m1/s1. The fraction of sp³-hybridized carbons (Fsp3) is 0.583. The summed E-state index contributed by atoms with van der Waals surface area (Å²) in [6.45, 7) is 2.12. The number of tetrazole rings is 1. The molecule has 2 N–H and O–H groups in total. The van der Waals surface area contributed by atoms with E-state index in [4.69, 9.17) is 0 Å². The van der Waals surface area contributed by atoms with E-state index in [1.165, 1.54) is 23.0 Å². The van der Waals surface area contributed by atoms with Crippen LogP contribution in [0.2, 0.25) is 0 Å². The molecule has 3 atom stereocenters. The van der Waals surface area contributed by atoms with Gasteiger partial charge in [0.25, 0.3) is 0 Å². The summed E-state index contributed by atoms with van der Waals surface area (Å²) in [7, 11) is 0. The van der Waals surface area contributed by atoms with E-state index in [1.807, 2.05) is 0 Å². The molecule has 22 heavy (non-hydrogen) atoms. The van der Waals surface area contributed by atoms with Gasteiger partial charge >= 0.3 is 5.97 Å². The number of carbonyl (C=O) groups excluding carboxylic acids is 1. The number of β-lactam (4-membered cyclic amide) rings is 1. The maximum absolute atomic E-state index is 12.0. The molecule has 0 saturated carbocycles. The number of aliphatic hydroxyl groups excluding tert-OH is 1.